The molecule has 1 heterocycles. The summed E-state index contributed by atoms with van der Waals surface area (Å²) in [4.78, 5) is 0.373. The Kier molecular flexibility index (Phi) is 5.46. The van der Waals surface area contributed by atoms with E-state index in [1.165, 1.54) is 0 Å². The third-order valence-corrected chi connectivity index (χ3v) is 5.63. The lowest BCUT2D eigenvalue weighted by molar-refractivity contribution is 0.538. The highest BCUT2D eigenvalue weighted by molar-refractivity contribution is 7.89. The Hall–Kier alpha value is -0.850. The zero-order valence-corrected chi connectivity index (χ0v) is 14.0. The van der Waals surface area contributed by atoms with Crippen LogP contribution in [0, 0.1) is 5.92 Å². The number of nitrogens with one attached hydrogen (secondary N) is 2. The molecule has 1 aliphatic rings. The Bertz CT molecular complexity index is 565. The van der Waals surface area contributed by atoms with Crippen molar-refractivity contribution in [2.24, 2.45) is 13.0 Å². The van der Waals surface area contributed by atoms with E-state index in [-0.39, 0.29) is 6.04 Å². The van der Waals surface area contributed by atoms with Crippen molar-refractivity contribution in [2.45, 2.75) is 57.0 Å². The monoisotopic (exact) mass is 313 g/mol. The molecule has 1 saturated carbocycles. The van der Waals surface area contributed by atoms with Crippen molar-refractivity contribution in [3.8, 4) is 0 Å². The fourth-order valence-electron chi connectivity index (χ4n) is 2.89. The van der Waals surface area contributed by atoms with E-state index in [0.29, 0.717) is 17.4 Å². The summed E-state index contributed by atoms with van der Waals surface area (Å²) in [6.45, 7) is 5.92. The summed E-state index contributed by atoms with van der Waals surface area (Å²) < 4.78 is 29.6. The Morgan fingerprint density at radius 3 is 2.76 bits per heavy atom. The fraction of sp³-hybridized carbons (Fsp3) is 0.733. The molecule has 120 valence electrons. The van der Waals surface area contributed by atoms with Crippen molar-refractivity contribution in [2.75, 3.05) is 6.54 Å². The lowest BCUT2D eigenvalue weighted by Crippen LogP contribution is -2.32. The van der Waals surface area contributed by atoms with Gasteiger partial charge in [0.1, 0.15) is 0 Å². The van der Waals surface area contributed by atoms with Gasteiger partial charge in [0, 0.05) is 31.5 Å². The molecule has 1 aromatic rings. The minimum atomic E-state index is -3.40. The average molecular weight is 313 g/mol. The second-order valence-corrected chi connectivity index (χ2v) is 7.91. The average Bonchev–Trinajstić information content (AvgIpc) is 2.97. The molecule has 2 N–H and O–H groups in total. The molecule has 0 bridgehead atoms. The van der Waals surface area contributed by atoms with Crippen molar-refractivity contribution in [1.29, 1.82) is 0 Å². The van der Waals surface area contributed by atoms with Crippen molar-refractivity contribution in [3.05, 3.63) is 18.0 Å². The molecule has 1 fully saturated rings. The van der Waals surface area contributed by atoms with Crippen molar-refractivity contribution >= 4 is 10.0 Å². The Labute approximate surface area is 128 Å². The number of aryl methyl sites for hydroxylation is 1. The lowest BCUT2D eigenvalue weighted by Gasteiger charge is -2.11. The van der Waals surface area contributed by atoms with Gasteiger partial charge in [-0.25, -0.2) is 13.1 Å². The van der Waals surface area contributed by atoms with Gasteiger partial charge in [0.2, 0.25) is 10.0 Å². The van der Waals surface area contributed by atoms with Gasteiger partial charge in [0.15, 0.2) is 0 Å². The van der Waals surface area contributed by atoms with Gasteiger partial charge in [0.25, 0.3) is 0 Å². The van der Waals surface area contributed by atoms with Gasteiger partial charge in [-0.3, -0.25) is 0 Å². The first-order valence-corrected chi connectivity index (χ1v) is 9.29. The zero-order valence-electron chi connectivity index (χ0n) is 13.2. The van der Waals surface area contributed by atoms with E-state index in [0.717, 1.165) is 37.9 Å². The molecule has 6 heteroatoms. The molecule has 0 amide bonds. The van der Waals surface area contributed by atoms with Crippen LogP contribution in [0.1, 0.15) is 45.2 Å². The first-order valence-electron chi connectivity index (χ1n) is 7.80. The highest BCUT2D eigenvalue weighted by Crippen LogP contribution is 2.26. The molecule has 1 aliphatic carbocycles. The van der Waals surface area contributed by atoms with Crippen molar-refractivity contribution in [1.82, 2.24) is 14.6 Å². The fourth-order valence-corrected chi connectivity index (χ4v) is 4.27. The molecular weight excluding hydrogens is 286 g/mol. The lowest BCUT2D eigenvalue weighted by atomic mass is 10.1. The Balaban J connectivity index is 2.04. The molecular formula is C15H27N3O2S. The van der Waals surface area contributed by atoms with E-state index in [2.05, 4.69) is 23.9 Å². The van der Waals surface area contributed by atoms with E-state index in [1.807, 2.05) is 11.6 Å². The second-order valence-electron chi connectivity index (χ2n) is 6.19. The molecule has 5 nitrogen and oxygen atoms in total. The summed E-state index contributed by atoms with van der Waals surface area (Å²) in [5.74, 6) is 0.613. The van der Waals surface area contributed by atoms with Gasteiger partial charge in [-0.1, -0.05) is 13.8 Å². The van der Waals surface area contributed by atoms with E-state index in [9.17, 15) is 8.42 Å². The minimum Gasteiger partial charge on any atom is -0.352 e. The molecule has 21 heavy (non-hydrogen) atoms. The third-order valence-electron chi connectivity index (χ3n) is 4.14. The molecule has 0 aliphatic heterocycles. The Morgan fingerprint density at radius 1 is 1.38 bits per heavy atom. The van der Waals surface area contributed by atoms with E-state index in [1.54, 1.807) is 12.3 Å². The number of aromatic nitrogens is 1. The van der Waals surface area contributed by atoms with Crippen LogP contribution in [0.25, 0.3) is 0 Å². The maximum atomic E-state index is 12.4. The predicted molar refractivity (Wildman–Crippen MR) is 84.5 cm³/mol. The summed E-state index contributed by atoms with van der Waals surface area (Å²) in [7, 11) is -1.51. The summed E-state index contributed by atoms with van der Waals surface area (Å²) in [6.07, 6.45) is 5.75. The van der Waals surface area contributed by atoms with Gasteiger partial charge >= 0.3 is 0 Å². The summed E-state index contributed by atoms with van der Waals surface area (Å²) in [6, 6.07) is 1.86. The van der Waals surface area contributed by atoms with Gasteiger partial charge in [-0.05, 0) is 44.2 Å². The first-order chi connectivity index (χ1) is 9.92. The van der Waals surface area contributed by atoms with Crippen LogP contribution < -0.4 is 10.0 Å². The summed E-state index contributed by atoms with van der Waals surface area (Å²) in [5.41, 5.74) is 0.989. The quantitative estimate of drug-likeness (QED) is 0.757. The third kappa shape index (κ3) is 4.31. The number of sulfonamides is 1. The molecule has 0 radical (unpaired) electrons. The number of hydrogen-bond acceptors (Lipinski definition) is 3. The Morgan fingerprint density at radius 2 is 2.14 bits per heavy atom. The minimum absolute atomic E-state index is 0.0897. The molecule has 0 spiro atoms. The van der Waals surface area contributed by atoms with Crippen LogP contribution in [-0.2, 0) is 23.6 Å². The topological polar surface area (TPSA) is 63.1 Å². The second kappa shape index (κ2) is 6.94. The number of rotatable bonds is 7. The molecule has 0 saturated heterocycles. The summed E-state index contributed by atoms with van der Waals surface area (Å²) in [5, 5.41) is 3.30. The number of hydrogen-bond donors (Lipinski definition) is 2. The SMILES string of the molecule is CCCNCc1cc(S(=O)(=O)NC2CCC(C)C2)cn1C. The summed E-state index contributed by atoms with van der Waals surface area (Å²) >= 11 is 0. The van der Waals surface area contributed by atoms with Gasteiger partial charge < -0.3 is 9.88 Å². The molecule has 0 aromatic carbocycles. The largest absolute Gasteiger partial charge is 0.352 e. The van der Waals surface area contributed by atoms with E-state index in [4.69, 9.17) is 0 Å². The van der Waals surface area contributed by atoms with Crippen LogP contribution in [0.3, 0.4) is 0 Å². The van der Waals surface area contributed by atoms with E-state index < -0.39 is 10.0 Å². The molecule has 2 atom stereocenters. The van der Waals surface area contributed by atoms with Crippen LogP contribution in [0.15, 0.2) is 17.2 Å². The van der Waals surface area contributed by atoms with Crippen LogP contribution >= 0.6 is 0 Å². The van der Waals surface area contributed by atoms with E-state index >= 15 is 0 Å². The normalized spacial score (nSPS) is 22.8. The first kappa shape index (κ1) is 16.5. The smallest absolute Gasteiger partial charge is 0.242 e. The van der Waals surface area contributed by atoms with Crippen LogP contribution in [0.2, 0.25) is 0 Å². The van der Waals surface area contributed by atoms with Crippen molar-refractivity contribution < 1.29 is 8.42 Å². The van der Waals surface area contributed by atoms with Crippen molar-refractivity contribution in [3.63, 3.8) is 0 Å². The standard InChI is InChI=1S/C15H27N3O2S/c1-4-7-16-10-14-9-15(11-18(14)3)21(19,20)17-13-6-5-12(2)8-13/h9,11-13,16-17H,4-8,10H2,1-3H3. The zero-order chi connectivity index (χ0) is 15.5. The van der Waals surface area contributed by atoms with Crippen LogP contribution in [-0.4, -0.2) is 25.6 Å². The highest BCUT2D eigenvalue weighted by atomic mass is 32.2. The van der Waals surface area contributed by atoms with Crippen LogP contribution in [0.5, 0.6) is 0 Å². The maximum Gasteiger partial charge on any atom is 0.242 e. The van der Waals surface area contributed by atoms with Gasteiger partial charge in [-0.2, -0.15) is 0 Å². The predicted octanol–water partition coefficient (Wildman–Crippen LogP) is 1.99. The van der Waals surface area contributed by atoms with Gasteiger partial charge in [-0.15, -0.1) is 0 Å². The molecule has 2 unspecified atom stereocenters. The van der Waals surface area contributed by atoms with Crippen LogP contribution in [0.4, 0.5) is 0 Å². The number of nitrogens with zero attached hydrogens (tertiary/aromatic N) is 1. The highest BCUT2D eigenvalue weighted by Gasteiger charge is 2.27. The van der Waals surface area contributed by atoms with Gasteiger partial charge in [0.05, 0.1) is 4.90 Å². The molecule has 1 aromatic heterocycles. The molecule has 2 rings (SSSR count). The maximum absolute atomic E-state index is 12.4.